The summed E-state index contributed by atoms with van der Waals surface area (Å²) < 4.78 is 0. The molecule has 0 aliphatic rings. The second-order valence-electron chi connectivity index (χ2n) is 9.40. The van der Waals surface area contributed by atoms with Crippen LogP contribution in [0.4, 0.5) is 11.4 Å². The van der Waals surface area contributed by atoms with Gasteiger partial charge < -0.3 is 16.0 Å². The van der Waals surface area contributed by atoms with Crippen LogP contribution >= 0.6 is 11.8 Å². The number of carbonyl (C=O) groups is 3. The first-order valence-corrected chi connectivity index (χ1v) is 13.8. The minimum atomic E-state index is -0.462. The Kier molecular flexibility index (Phi) is 9.54. The van der Waals surface area contributed by atoms with E-state index in [1.807, 2.05) is 87.5 Å². The molecule has 7 heteroatoms. The number of hydrogen-bond acceptors (Lipinski definition) is 4. The molecule has 0 aliphatic heterocycles. The van der Waals surface area contributed by atoms with Crippen LogP contribution in [0.15, 0.2) is 114 Å². The van der Waals surface area contributed by atoms with Crippen LogP contribution in [0.1, 0.15) is 34.0 Å². The molecule has 6 nitrogen and oxygen atoms in total. The lowest BCUT2D eigenvalue weighted by Crippen LogP contribution is -2.30. The minimum Gasteiger partial charge on any atom is -0.325 e. The van der Waals surface area contributed by atoms with Crippen molar-refractivity contribution in [2.75, 3.05) is 10.6 Å². The predicted molar refractivity (Wildman–Crippen MR) is 163 cm³/mol. The van der Waals surface area contributed by atoms with Crippen molar-refractivity contribution in [3.05, 3.63) is 131 Å². The van der Waals surface area contributed by atoms with Gasteiger partial charge in [0.15, 0.2) is 0 Å². The van der Waals surface area contributed by atoms with Crippen LogP contribution in [-0.2, 0) is 9.59 Å². The van der Waals surface area contributed by atoms with Gasteiger partial charge in [0.2, 0.25) is 5.91 Å². The topological polar surface area (TPSA) is 87.3 Å². The quantitative estimate of drug-likeness (QED) is 0.158. The number of thioether (sulfide) groups is 1. The first-order chi connectivity index (χ1) is 19.3. The van der Waals surface area contributed by atoms with Gasteiger partial charge in [-0.3, -0.25) is 14.4 Å². The van der Waals surface area contributed by atoms with Gasteiger partial charge in [0, 0.05) is 21.8 Å². The van der Waals surface area contributed by atoms with Crippen molar-refractivity contribution in [1.82, 2.24) is 5.32 Å². The number of benzene rings is 4. The van der Waals surface area contributed by atoms with Crippen molar-refractivity contribution in [1.29, 1.82) is 0 Å². The Morgan fingerprint density at radius 1 is 0.725 bits per heavy atom. The molecule has 0 fully saturated rings. The molecular formula is C33H31N3O3S. The zero-order chi connectivity index (χ0) is 28.5. The maximum Gasteiger partial charge on any atom is 0.272 e. The maximum atomic E-state index is 13.3. The van der Waals surface area contributed by atoms with Gasteiger partial charge >= 0.3 is 0 Å². The highest BCUT2D eigenvalue weighted by Crippen LogP contribution is 2.27. The fourth-order valence-electron chi connectivity index (χ4n) is 4.05. The monoisotopic (exact) mass is 549 g/mol. The molecule has 3 N–H and O–H groups in total. The molecular weight excluding hydrogens is 518 g/mol. The van der Waals surface area contributed by atoms with Gasteiger partial charge in [-0.2, -0.15) is 0 Å². The Balaban J connectivity index is 1.46. The zero-order valence-electron chi connectivity index (χ0n) is 22.6. The first kappa shape index (κ1) is 28.4. The lowest BCUT2D eigenvalue weighted by Gasteiger charge is -2.14. The van der Waals surface area contributed by atoms with Crippen molar-refractivity contribution in [3.8, 4) is 0 Å². The molecule has 1 atom stereocenters. The van der Waals surface area contributed by atoms with E-state index in [1.54, 1.807) is 36.4 Å². The largest absolute Gasteiger partial charge is 0.325 e. The van der Waals surface area contributed by atoms with E-state index in [9.17, 15) is 14.4 Å². The number of aryl methyl sites for hydroxylation is 2. The highest BCUT2D eigenvalue weighted by molar-refractivity contribution is 8.00. The van der Waals surface area contributed by atoms with E-state index in [-0.39, 0.29) is 22.8 Å². The van der Waals surface area contributed by atoms with Gasteiger partial charge in [-0.05, 0) is 86.0 Å². The van der Waals surface area contributed by atoms with Crippen LogP contribution in [0.3, 0.4) is 0 Å². The fourth-order valence-corrected chi connectivity index (χ4v) is 4.98. The third kappa shape index (κ3) is 8.19. The van der Waals surface area contributed by atoms with Crippen LogP contribution < -0.4 is 16.0 Å². The lowest BCUT2D eigenvalue weighted by atomic mass is 10.1. The van der Waals surface area contributed by atoms with Crippen LogP contribution in [0, 0.1) is 13.8 Å². The molecule has 3 amide bonds. The van der Waals surface area contributed by atoms with Crippen molar-refractivity contribution in [2.24, 2.45) is 0 Å². The van der Waals surface area contributed by atoms with E-state index in [2.05, 4.69) is 22.0 Å². The van der Waals surface area contributed by atoms with Gasteiger partial charge in [-0.1, -0.05) is 60.7 Å². The summed E-state index contributed by atoms with van der Waals surface area (Å²) >= 11 is 1.39. The molecule has 0 radical (unpaired) electrons. The Morgan fingerprint density at radius 2 is 1.38 bits per heavy atom. The highest BCUT2D eigenvalue weighted by Gasteiger charge is 2.17. The zero-order valence-corrected chi connectivity index (χ0v) is 23.4. The van der Waals surface area contributed by atoms with Gasteiger partial charge in [-0.25, -0.2) is 0 Å². The number of rotatable bonds is 9. The summed E-state index contributed by atoms with van der Waals surface area (Å²) in [5, 5.41) is 8.24. The molecule has 0 aromatic heterocycles. The van der Waals surface area contributed by atoms with Gasteiger partial charge in [0.1, 0.15) is 5.70 Å². The van der Waals surface area contributed by atoms with Crippen molar-refractivity contribution >= 4 is 46.9 Å². The summed E-state index contributed by atoms with van der Waals surface area (Å²) in [7, 11) is 0. The summed E-state index contributed by atoms with van der Waals surface area (Å²) in [5.74, 6) is -0.956. The second-order valence-corrected chi connectivity index (χ2v) is 10.8. The highest BCUT2D eigenvalue weighted by atomic mass is 32.2. The van der Waals surface area contributed by atoms with E-state index in [0.717, 1.165) is 27.3 Å². The minimum absolute atomic E-state index is 0.110. The first-order valence-electron chi connectivity index (χ1n) is 12.9. The molecule has 1 unspecified atom stereocenters. The van der Waals surface area contributed by atoms with Crippen LogP contribution in [-0.4, -0.2) is 23.0 Å². The Morgan fingerprint density at radius 3 is 2.05 bits per heavy atom. The molecule has 0 saturated carbocycles. The molecule has 0 heterocycles. The molecule has 0 aliphatic carbocycles. The van der Waals surface area contributed by atoms with Crippen molar-refractivity contribution < 1.29 is 14.4 Å². The molecule has 0 spiro atoms. The Bertz CT molecular complexity index is 1520. The van der Waals surface area contributed by atoms with Gasteiger partial charge in [-0.15, -0.1) is 11.8 Å². The molecule has 4 aromatic carbocycles. The second kappa shape index (κ2) is 13.4. The third-order valence-electron chi connectivity index (χ3n) is 5.90. The molecule has 40 heavy (non-hydrogen) atoms. The number of amides is 3. The van der Waals surface area contributed by atoms with E-state index in [4.69, 9.17) is 0 Å². The number of nitrogens with one attached hydrogen (secondary N) is 3. The van der Waals surface area contributed by atoms with Crippen LogP contribution in [0.25, 0.3) is 6.08 Å². The number of anilines is 2. The average Bonchev–Trinajstić information content (AvgIpc) is 2.93. The number of carbonyl (C=O) groups excluding carboxylic acids is 3. The summed E-state index contributed by atoms with van der Waals surface area (Å²) in [6.07, 6.45) is 1.63. The van der Waals surface area contributed by atoms with E-state index in [1.165, 1.54) is 11.8 Å². The normalized spacial score (nSPS) is 11.8. The van der Waals surface area contributed by atoms with E-state index < -0.39 is 5.91 Å². The SMILES string of the molecule is Cc1cc(C)cc(NC(=O)C(C)Sc2cccc(NC(=O)/C(=C/c3ccccc3)NC(=O)c3ccccc3)c2)c1. The molecule has 0 bridgehead atoms. The summed E-state index contributed by atoms with van der Waals surface area (Å²) in [6, 6.07) is 31.2. The van der Waals surface area contributed by atoms with Gasteiger partial charge in [0.25, 0.3) is 11.8 Å². The summed E-state index contributed by atoms with van der Waals surface area (Å²) in [6.45, 7) is 5.83. The molecule has 0 saturated heterocycles. The average molecular weight is 550 g/mol. The predicted octanol–water partition coefficient (Wildman–Crippen LogP) is 6.83. The van der Waals surface area contributed by atoms with Crippen LogP contribution in [0.2, 0.25) is 0 Å². The van der Waals surface area contributed by atoms with E-state index >= 15 is 0 Å². The third-order valence-corrected chi connectivity index (χ3v) is 7.00. The fraction of sp³-hybridized carbons (Fsp3) is 0.121. The van der Waals surface area contributed by atoms with Crippen LogP contribution in [0.5, 0.6) is 0 Å². The molecule has 202 valence electrons. The van der Waals surface area contributed by atoms with Gasteiger partial charge in [0.05, 0.1) is 5.25 Å². The smallest absolute Gasteiger partial charge is 0.272 e. The van der Waals surface area contributed by atoms with Crippen molar-refractivity contribution in [2.45, 2.75) is 30.9 Å². The number of hydrogen-bond donors (Lipinski definition) is 3. The summed E-state index contributed by atoms with van der Waals surface area (Å²) in [4.78, 5) is 39.8. The summed E-state index contributed by atoms with van der Waals surface area (Å²) in [5.41, 5.74) is 4.81. The Labute approximate surface area is 238 Å². The Hall–Kier alpha value is -4.62. The maximum absolute atomic E-state index is 13.3. The lowest BCUT2D eigenvalue weighted by molar-refractivity contribution is -0.115. The standard InChI is InChI=1S/C33H31N3O3S/c1-22-17-23(2)19-28(18-22)35-31(37)24(3)40-29-16-10-15-27(21-29)34-33(39)30(20-25-11-6-4-7-12-25)36-32(38)26-13-8-5-9-14-26/h4-21,24H,1-3H3,(H,34,39)(H,35,37)(H,36,38)/b30-20-. The van der Waals surface area contributed by atoms with E-state index in [0.29, 0.717) is 11.3 Å². The molecule has 4 aromatic rings. The van der Waals surface area contributed by atoms with Crippen molar-refractivity contribution in [3.63, 3.8) is 0 Å². The molecule has 4 rings (SSSR count).